The number of carbonyl (C=O) groups excluding carboxylic acids is 1. The molecule has 8 heteroatoms. The smallest absolute Gasteiger partial charge is 0.266 e. The SMILES string of the molecule is Cc1ccc(OCc2csc(C(=O)Nc3nn(Cc4ccc(F)cc4)cc3Cl)c2)cc1. The lowest BCUT2D eigenvalue weighted by atomic mass is 10.2. The number of ether oxygens (including phenoxy) is 1. The van der Waals surface area contributed by atoms with Gasteiger partial charge in [0.1, 0.15) is 23.2 Å². The minimum absolute atomic E-state index is 0.277. The molecular weight excluding hydrogens is 437 g/mol. The van der Waals surface area contributed by atoms with Crippen LogP contribution in [0.5, 0.6) is 5.75 Å². The predicted octanol–water partition coefficient (Wildman–Crippen LogP) is 5.93. The van der Waals surface area contributed by atoms with Crippen molar-refractivity contribution in [2.45, 2.75) is 20.1 Å². The Kier molecular flexibility index (Phi) is 6.34. The maximum atomic E-state index is 13.1. The molecule has 0 fully saturated rings. The summed E-state index contributed by atoms with van der Waals surface area (Å²) in [6, 6.07) is 15.7. The molecule has 31 heavy (non-hydrogen) atoms. The van der Waals surface area contributed by atoms with Gasteiger partial charge < -0.3 is 10.1 Å². The van der Waals surface area contributed by atoms with Gasteiger partial charge in [0.2, 0.25) is 0 Å². The third-order valence-corrected chi connectivity index (χ3v) is 5.77. The van der Waals surface area contributed by atoms with Crippen LogP contribution in [0, 0.1) is 12.7 Å². The van der Waals surface area contributed by atoms with Crippen LogP contribution in [0.3, 0.4) is 0 Å². The van der Waals surface area contributed by atoms with Crippen LogP contribution in [-0.4, -0.2) is 15.7 Å². The van der Waals surface area contributed by atoms with Crippen LogP contribution in [0.25, 0.3) is 0 Å². The van der Waals surface area contributed by atoms with Crippen LogP contribution >= 0.6 is 22.9 Å². The molecule has 2 aromatic heterocycles. The Balaban J connectivity index is 1.36. The number of hydrogen-bond donors (Lipinski definition) is 1. The lowest BCUT2D eigenvalue weighted by Gasteiger charge is -2.04. The summed E-state index contributed by atoms with van der Waals surface area (Å²) >= 11 is 7.55. The van der Waals surface area contributed by atoms with E-state index in [-0.39, 0.29) is 17.5 Å². The van der Waals surface area contributed by atoms with Crippen molar-refractivity contribution in [1.82, 2.24) is 9.78 Å². The summed E-state index contributed by atoms with van der Waals surface area (Å²) in [5.41, 5.74) is 2.94. The van der Waals surface area contributed by atoms with E-state index in [2.05, 4.69) is 10.4 Å². The molecule has 0 bridgehead atoms. The fourth-order valence-electron chi connectivity index (χ4n) is 2.88. The third-order valence-electron chi connectivity index (χ3n) is 4.51. The fraction of sp³-hybridized carbons (Fsp3) is 0.130. The zero-order valence-corrected chi connectivity index (χ0v) is 18.2. The molecule has 1 N–H and O–H groups in total. The number of anilines is 1. The number of benzene rings is 2. The molecule has 0 spiro atoms. The first kappa shape index (κ1) is 21.1. The molecule has 158 valence electrons. The van der Waals surface area contributed by atoms with Crippen molar-refractivity contribution in [2.24, 2.45) is 0 Å². The Hall–Kier alpha value is -3.16. The van der Waals surface area contributed by atoms with Crippen molar-refractivity contribution in [3.05, 3.63) is 98.6 Å². The zero-order valence-electron chi connectivity index (χ0n) is 16.6. The molecule has 0 radical (unpaired) electrons. The third kappa shape index (κ3) is 5.51. The van der Waals surface area contributed by atoms with E-state index in [0.29, 0.717) is 23.1 Å². The van der Waals surface area contributed by atoms with E-state index in [1.807, 2.05) is 36.6 Å². The van der Waals surface area contributed by atoms with Crippen LogP contribution < -0.4 is 10.1 Å². The first-order valence-electron chi connectivity index (χ1n) is 9.52. The number of rotatable bonds is 7. The van der Waals surface area contributed by atoms with Crippen LogP contribution in [-0.2, 0) is 13.2 Å². The average Bonchev–Trinajstić information content (AvgIpc) is 3.36. The van der Waals surface area contributed by atoms with Crippen molar-refractivity contribution < 1.29 is 13.9 Å². The molecule has 0 aliphatic rings. The molecule has 5 nitrogen and oxygen atoms in total. The van der Waals surface area contributed by atoms with Crippen LogP contribution in [0.1, 0.15) is 26.4 Å². The highest BCUT2D eigenvalue weighted by Crippen LogP contribution is 2.23. The molecule has 0 unspecified atom stereocenters. The first-order valence-corrected chi connectivity index (χ1v) is 10.8. The van der Waals surface area contributed by atoms with Gasteiger partial charge in [-0.05, 0) is 48.2 Å². The number of nitrogens with zero attached hydrogens (tertiary/aromatic N) is 2. The van der Waals surface area contributed by atoms with Gasteiger partial charge >= 0.3 is 0 Å². The Morgan fingerprint density at radius 1 is 1.16 bits per heavy atom. The molecule has 0 aliphatic heterocycles. The summed E-state index contributed by atoms with van der Waals surface area (Å²) in [7, 11) is 0. The van der Waals surface area contributed by atoms with Crippen molar-refractivity contribution in [1.29, 1.82) is 0 Å². The van der Waals surface area contributed by atoms with Gasteiger partial charge in [0.25, 0.3) is 5.91 Å². The highest BCUT2D eigenvalue weighted by Gasteiger charge is 2.15. The molecule has 4 rings (SSSR count). The summed E-state index contributed by atoms with van der Waals surface area (Å²) in [6.07, 6.45) is 1.62. The summed E-state index contributed by atoms with van der Waals surface area (Å²) in [6.45, 7) is 2.81. The number of carbonyl (C=O) groups is 1. The lowest BCUT2D eigenvalue weighted by Crippen LogP contribution is -2.11. The molecule has 1 amide bonds. The van der Waals surface area contributed by atoms with Gasteiger partial charge in [-0.15, -0.1) is 11.3 Å². The minimum Gasteiger partial charge on any atom is -0.489 e. The quantitative estimate of drug-likeness (QED) is 0.376. The fourth-order valence-corrected chi connectivity index (χ4v) is 3.87. The molecule has 0 atom stereocenters. The van der Waals surface area contributed by atoms with E-state index in [1.165, 1.54) is 29.0 Å². The second-order valence-electron chi connectivity index (χ2n) is 7.02. The highest BCUT2D eigenvalue weighted by molar-refractivity contribution is 7.12. The van der Waals surface area contributed by atoms with Crippen LogP contribution in [0.2, 0.25) is 5.02 Å². The van der Waals surface area contributed by atoms with Crippen molar-refractivity contribution >= 4 is 34.7 Å². The zero-order chi connectivity index (χ0) is 21.8. The summed E-state index contributed by atoms with van der Waals surface area (Å²) < 4.78 is 20.4. The Morgan fingerprint density at radius 3 is 2.65 bits per heavy atom. The Bertz CT molecular complexity index is 1190. The molecule has 0 saturated heterocycles. The standard InChI is InChI=1S/C23H19ClFN3O2S/c1-15-2-8-19(9-3-15)30-13-17-10-21(31-14-17)23(29)26-22-20(24)12-28(27-22)11-16-4-6-18(25)7-5-16/h2-10,12,14H,11,13H2,1H3,(H,26,27,29). The van der Waals surface area contributed by atoms with Gasteiger partial charge in [-0.25, -0.2) is 4.39 Å². The van der Waals surface area contributed by atoms with Gasteiger partial charge in [-0.3, -0.25) is 9.48 Å². The number of nitrogens with one attached hydrogen (secondary N) is 1. The number of halogens is 2. The minimum atomic E-state index is -0.296. The number of aromatic nitrogens is 2. The van der Waals surface area contributed by atoms with Crippen LogP contribution in [0.15, 0.2) is 66.2 Å². The lowest BCUT2D eigenvalue weighted by molar-refractivity contribution is 0.103. The van der Waals surface area contributed by atoms with Crippen molar-refractivity contribution in [2.75, 3.05) is 5.32 Å². The summed E-state index contributed by atoms with van der Waals surface area (Å²) in [5, 5.41) is 9.28. The summed E-state index contributed by atoms with van der Waals surface area (Å²) in [4.78, 5) is 13.1. The maximum absolute atomic E-state index is 13.1. The molecule has 0 saturated carbocycles. The molecule has 0 aliphatic carbocycles. The highest BCUT2D eigenvalue weighted by atomic mass is 35.5. The van der Waals surface area contributed by atoms with Gasteiger partial charge in [0.05, 0.1) is 11.4 Å². The van der Waals surface area contributed by atoms with E-state index in [0.717, 1.165) is 16.9 Å². The molecular formula is C23H19ClFN3O2S. The maximum Gasteiger partial charge on any atom is 0.266 e. The predicted molar refractivity (Wildman–Crippen MR) is 121 cm³/mol. The number of amides is 1. The van der Waals surface area contributed by atoms with E-state index in [1.54, 1.807) is 29.1 Å². The Labute approximate surface area is 188 Å². The van der Waals surface area contributed by atoms with Gasteiger partial charge in [-0.1, -0.05) is 41.4 Å². The molecule has 4 aromatic rings. The monoisotopic (exact) mass is 455 g/mol. The number of thiophene rings is 1. The Morgan fingerprint density at radius 2 is 1.90 bits per heavy atom. The first-order chi connectivity index (χ1) is 15.0. The summed E-state index contributed by atoms with van der Waals surface area (Å²) in [5.74, 6) is 0.469. The van der Waals surface area contributed by atoms with E-state index < -0.39 is 0 Å². The molecule has 2 heterocycles. The van der Waals surface area contributed by atoms with E-state index in [4.69, 9.17) is 16.3 Å². The number of hydrogen-bond acceptors (Lipinski definition) is 4. The number of aryl methyl sites for hydroxylation is 1. The topological polar surface area (TPSA) is 56.1 Å². The van der Waals surface area contributed by atoms with Crippen molar-refractivity contribution in [3.8, 4) is 5.75 Å². The average molecular weight is 456 g/mol. The largest absolute Gasteiger partial charge is 0.489 e. The van der Waals surface area contributed by atoms with Gasteiger partial charge in [0.15, 0.2) is 5.82 Å². The van der Waals surface area contributed by atoms with Crippen molar-refractivity contribution in [3.63, 3.8) is 0 Å². The van der Waals surface area contributed by atoms with Crippen LogP contribution in [0.4, 0.5) is 10.2 Å². The second-order valence-corrected chi connectivity index (χ2v) is 8.34. The van der Waals surface area contributed by atoms with E-state index in [9.17, 15) is 9.18 Å². The second kappa shape index (κ2) is 9.32. The van der Waals surface area contributed by atoms with E-state index >= 15 is 0 Å². The normalized spacial score (nSPS) is 10.8. The molecule has 2 aromatic carbocycles. The van der Waals surface area contributed by atoms with Gasteiger partial charge in [-0.2, -0.15) is 5.10 Å². The van der Waals surface area contributed by atoms with Gasteiger partial charge in [0, 0.05) is 11.8 Å².